The number of hydrogen-bond donors (Lipinski definition) is 1. The Balaban J connectivity index is 1.57. The van der Waals surface area contributed by atoms with Gasteiger partial charge in [-0.15, -0.1) is 0 Å². The van der Waals surface area contributed by atoms with E-state index in [-0.39, 0.29) is 0 Å². The third-order valence-electron chi connectivity index (χ3n) is 4.80. The van der Waals surface area contributed by atoms with Crippen molar-refractivity contribution < 1.29 is 4.74 Å². The Morgan fingerprint density at radius 1 is 1.11 bits per heavy atom. The van der Waals surface area contributed by atoms with Crippen molar-refractivity contribution in [3.63, 3.8) is 0 Å². The molecule has 0 aromatic heterocycles. The van der Waals surface area contributed by atoms with Crippen molar-refractivity contribution in [3.05, 3.63) is 47.5 Å². The van der Waals surface area contributed by atoms with E-state index in [2.05, 4.69) is 53.5 Å². The molecule has 0 fully saturated rings. The van der Waals surface area contributed by atoms with Gasteiger partial charge in [0.2, 0.25) is 0 Å². The van der Waals surface area contributed by atoms with E-state index >= 15 is 0 Å². The number of unbranched alkanes of at least 4 members (excludes halogenated alkanes) is 1. The number of anilines is 2. The highest BCUT2D eigenvalue weighted by atomic mass is 35.5. The van der Waals surface area contributed by atoms with E-state index in [1.165, 1.54) is 34.0 Å². The van der Waals surface area contributed by atoms with Crippen molar-refractivity contribution in [3.8, 4) is 0 Å². The number of nitrogens with zero attached hydrogens (tertiary/aromatic N) is 1. The quantitative estimate of drug-likeness (QED) is 0.481. The maximum atomic E-state index is 6.29. The van der Waals surface area contributed by atoms with Gasteiger partial charge in [-0.25, -0.2) is 0 Å². The lowest BCUT2D eigenvalue weighted by atomic mass is 10.1. The molecule has 1 N–H and O–H groups in total. The van der Waals surface area contributed by atoms with E-state index in [4.69, 9.17) is 16.3 Å². The Kier molecular flexibility index (Phi) is 7.89. The summed E-state index contributed by atoms with van der Waals surface area (Å²) in [5, 5.41) is 4.46. The van der Waals surface area contributed by atoms with Gasteiger partial charge < -0.3 is 15.0 Å². The largest absolute Gasteiger partial charge is 0.382 e. The van der Waals surface area contributed by atoms with Gasteiger partial charge in [0.1, 0.15) is 0 Å². The molecule has 146 valence electrons. The summed E-state index contributed by atoms with van der Waals surface area (Å²) in [6, 6.07) is 15.3. The lowest BCUT2D eigenvalue weighted by molar-refractivity contribution is 0.142. The molecule has 3 nitrogen and oxygen atoms in total. The highest BCUT2D eigenvalue weighted by molar-refractivity contribution is 7.99. The summed E-state index contributed by atoms with van der Waals surface area (Å²) in [6.45, 7) is 7.88. The van der Waals surface area contributed by atoms with Gasteiger partial charge in [-0.05, 0) is 63.4 Å². The summed E-state index contributed by atoms with van der Waals surface area (Å²) >= 11 is 8.10. The van der Waals surface area contributed by atoms with E-state index < -0.39 is 0 Å². The van der Waals surface area contributed by atoms with E-state index in [1.54, 1.807) is 0 Å². The third-order valence-corrected chi connectivity index (χ3v) is 6.16. The molecule has 1 heterocycles. The first kappa shape index (κ1) is 20.5. The van der Waals surface area contributed by atoms with Gasteiger partial charge in [-0.1, -0.05) is 35.5 Å². The third kappa shape index (κ3) is 5.64. The molecule has 0 aliphatic carbocycles. The van der Waals surface area contributed by atoms with E-state index in [0.717, 1.165) is 37.7 Å². The smallest absolute Gasteiger partial charge is 0.0568 e. The summed E-state index contributed by atoms with van der Waals surface area (Å²) < 4.78 is 5.41. The molecule has 2 aromatic carbocycles. The molecule has 1 aliphatic heterocycles. The number of nitrogens with one attached hydrogen (secondary N) is 1. The first-order valence-electron chi connectivity index (χ1n) is 9.84. The van der Waals surface area contributed by atoms with Crippen LogP contribution in [0, 0.1) is 0 Å². The second-order valence-electron chi connectivity index (χ2n) is 6.88. The molecular weight excluding hydrogens is 376 g/mol. The van der Waals surface area contributed by atoms with Crippen LogP contribution in [0.2, 0.25) is 5.02 Å². The molecule has 2 aromatic rings. The van der Waals surface area contributed by atoms with Crippen LogP contribution in [0.5, 0.6) is 0 Å². The summed E-state index contributed by atoms with van der Waals surface area (Å²) in [5.74, 6) is 0. The van der Waals surface area contributed by atoms with Gasteiger partial charge in [0.25, 0.3) is 0 Å². The Hall–Kier alpha value is -1.20. The van der Waals surface area contributed by atoms with Crippen LogP contribution in [0.1, 0.15) is 33.1 Å². The molecule has 27 heavy (non-hydrogen) atoms. The van der Waals surface area contributed by atoms with Crippen LogP contribution in [-0.4, -0.2) is 32.3 Å². The Morgan fingerprint density at radius 3 is 2.78 bits per heavy atom. The SMILES string of the molecule is CCOCCCCC(C)NCCN1c2ccccc2Sc2ccc(Cl)cc21. The fourth-order valence-corrected chi connectivity index (χ4v) is 4.61. The summed E-state index contributed by atoms with van der Waals surface area (Å²) in [5.41, 5.74) is 2.47. The number of fused-ring (bicyclic) bond motifs is 2. The zero-order valence-electron chi connectivity index (χ0n) is 16.2. The number of rotatable bonds is 10. The van der Waals surface area contributed by atoms with Crippen molar-refractivity contribution in [1.82, 2.24) is 5.32 Å². The molecular formula is C22H29ClN2OS. The van der Waals surface area contributed by atoms with Gasteiger partial charge in [0, 0.05) is 47.2 Å². The van der Waals surface area contributed by atoms with Crippen LogP contribution in [0.3, 0.4) is 0 Å². The van der Waals surface area contributed by atoms with Crippen LogP contribution >= 0.6 is 23.4 Å². The summed E-state index contributed by atoms with van der Waals surface area (Å²) in [7, 11) is 0. The molecule has 1 atom stereocenters. The minimum absolute atomic E-state index is 0.514. The number of ether oxygens (including phenoxy) is 1. The number of halogens is 1. The highest BCUT2D eigenvalue weighted by Gasteiger charge is 2.23. The standard InChI is InChI=1S/C22H29ClN2OS/c1-3-26-15-7-6-8-17(2)24-13-14-25-19-9-4-5-10-21(19)27-22-12-11-18(23)16-20(22)25/h4-5,9-12,16-17,24H,3,6-8,13-15H2,1-2H3. The van der Waals surface area contributed by atoms with Crippen molar-refractivity contribution in [1.29, 1.82) is 0 Å². The molecule has 1 unspecified atom stereocenters. The summed E-state index contributed by atoms with van der Waals surface area (Å²) in [4.78, 5) is 4.96. The monoisotopic (exact) mass is 404 g/mol. The first-order chi connectivity index (χ1) is 13.2. The Morgan fingerprint density at radius 2 is 1.93 bits per heavy atom. The molecule has 0 radical (unpaired) electrons. The van der Waals surface area contributed by atoms with E-state index in [9.17, 15) is 0 Å². The second kappa shape index (κ2) is 10.4. The fraction of sp³-hybridized carbons (Fsp3) is 0.455. The minimum atomic E-state index is 0.514. The molecule has 3 rings (SSSR count). The van der Waals surface area contributed by atoms with Crippen LogP contribution in [0.25, 0.3) is 0 Å². The Labute approximate surface area is 172 Å². The van der Waals surface area contributed by atoms with Crippen molar-refractivity contribution in [2.75, 3.05) is 31.2 Å². The van der Waals surface area contributed by atoms with Gasteiger partial charge in [-0.3, -0.25) is 0 Å². The second-order valence-corrected chi connectivity index (χ2v) is 8.40. The maximum Gasteiger partial charge on any atom is 0.0568 e. The van der Waals surface area contributed by atoms with Crippen molar-refractivity contribution in [2.24, 2.45) is 0 Å². The molecule has 0 saturated heterocycles. The lowest BCUT2D eigenvalue weighted by Gasteiger charge is -2.33. The number of benzene rings is 2. The average Bonchev–Trinajstić information content (AvgIpc) is 2.67. The molecule has 5 heteroatoms. The van der Waals surface area contributed by atoms with Crippen LogP contribution < -0.4 is 10.2 Å². The van der Waals surface area contributed by atoms with Gasteiger partial charge in [-0.2, -0.15) is 0 Å². The molecule has 0 saturated carbocycles. The van der Waals surface area contributed by atoms with Gasteiger partial charge in [0.05, 0.1) is 11.4 Å². The Bertz CT molecular complexity index is 740. The van der Waals surface area contributed by atoms with E-state index in [0.29, 0.717) is 6.04 Å². The normalized spacial score (nSPS) is 14.0. The molecule has 0 spiro atoms. The zero-order chi connectivity index (χ0) is 19.1. The van der Waals surface area contributed by atoms with Crippen LogP contribution in [0.4, 0.5) is 11.4 Å². The van der Waals surface area contributed by atoms with Crippen LogP contribution in [0.15, 0.2) is 52.3 Å². The predicted molar refractivity (Wildman–Crippen MR) is 117 cm³/mol. The summed E-state index contributed by atoms with van der Waals surface area (Å²) in [6.07, 6.45) is 3.53. The maximum absolute atomic E-state index is 6.29. The number of hydrogen-bond acceptors (Lipinski definition) is 4. The average molecular weight is 405 g/mol. The lowest BCUT2D eigenvalue weighted by Crippen LogP contribution is -2.35. The molecule has 1 aliphatic rings. The van der Waals surface area contributed by atoms with Gasteiger partial charge >= 0.3 is 0 Å². The zero-order valence-corrected chi connectivity index (χ0v) is 17.8. The van der Waals surface area contributed by atoms with Crippen molar-refractivity contribution >= 4 is 34.7 Å². The minimum Gasteiger partial charge on any atom is -0.382 e. The van der Waals surface area contributed by atoms with Crippen molar-refractivity contribution in [2.45, 2.75) is 48.9 Å². The fourth-order valence-electron chi connectivity index (χ4n) is 3.37. The molecule has 0 bridgehead atoms. The van der Waals surface area contributed by atoms with E-state index in [1.807, 2.05) is 24.8 Å². The van der Waals surface area contributed by atoms with Crippen LogP contribution in [-0.2, 0) is 4.74 Å². The first-order valence-corrected chi connectivity index (χ1v) is 11.0. The molecule has 0 amide bonds. The predicted octanol–water partition coefficient (Wildman–Crippen LogP) is 6.13. The number of para-hydroxylation sites is 1. The highest BCUT2D eigenvalue weighted by Crippen LogP contribution is 2.48. The van der Waals surface area contributed by atoms with Gasteiger partial charge in [0.15, 0.2) is 0 Å². The topological polar surface area (TPSA) is 24.5 Å².